The molecule has 1 N–H and O–H groups in total. The number of fused-ring (bicyclic) bond motifs is 1. The SMILES string of the molecule is COc1ccc(-n2c([C@H]3CC(=O)CN3)nc3c(-c4ccc(C)nc4)cc(C#N)cc3c2=O)cc1F. The fraction of sp³-hybridized carbons (Fsp3) is 0.192. The van der Waals surface area contributed by atoms with Crippen molar-refractivity contribution >= 4 is 16.7 Å². The highest BCUT2D eigenvalue weighted by Crippen LogP contribution is 2.31. The molecule has 2 aromatic heterocycles. The third-order valence-corrected chi connectivity index (χ3v) is 6.03. The number of nitriles is 1. The molecule has 9 heteroatoms. The standard InChI is InChI=1S/C26H20FN5O3/c1-14-3-4-16(12-29-14)19-7-15(11-28)8-20-24(19)31-25(22-10-18(33)13-30-22)32(26(20)34)17-5-6-23(35-2)21(27)9-17/h3-9,12,22,30H,10,13H2,1-2H3/t22-/m1/s1. The first kappa shape index (κ1) is 22.4. The van der Waals surface area contributed by atoms with Crippen LogP contribution in [0.5, 0.6) is 5.75 Å². The zero-order valence-corrected chi connectivity index (χ0v) is 19.0. The number of hydrogen-bond acceptors (Lipinski definition) is 7. The second-order valence-electron chi connectivity index (χ2n) is 8.33. The molecule has 3 heterocycles. The Morgan fingerprint density at radius 3 is 2.66 bits per heavy atom. The zero-order valence-electron chi connectivity index (χ0n) is 19.0. The number of methoxy groups -OCH3 is 1. The Morgan fingerprint density at radius 2 is 2.03 bits per heavy atom. The van der Waals surface area contributed by atoms with Crippen LogP contribution in [0.15, 0.2) is 53.5 Å². The molecule has 1 aliphatic rings. The van der Waals surface area contributed by atoms with Gasteiger partial charge in [-0.2, -0.15) is 5.26 Å². The van der Waals surface area contributed by atoms with Crippen molar-refractivity contribution in [2.24, 2.45) is 0 Å². The van der Waals surface area contributed by atoms with Gasteiger partial charge in [0.1, 0.15) is 11.6 Å². The Bertz CT molecular complexity index is 1590. The number of aromatic nitrogens is 3. The molecule has 0 radical (unpaired) electrons. The molecule has 5 rings (SSSR count). The molecule has 0 spiro atoms. The lowest BCUT2D eigenvalue weighted by Gasteiger charge is -2.19. The normalized spacial score (nSPS) is 15.4. The maximum atomic E-state index is 14.6. The molecule has 0 unspecified atom stereocenters. The lowest BCUT2D eigenvalue weighted by molar-refractivity contribution is -0.116. The first-order valence-corrected chi connectivity index (χ1v) is 10.9. The van der Waals surface area contributed by atoms with E-state index in [0.29, 0.717) is 16.6 Å². The van der Waals surface area contributed by atoms with Crippen LogP contribution in [0.2, 0.25) is 0 Å². The van der Waals surface area contributed by atoms with Crippen molar-refractivity contribution in [1.82, 2.24) is 19.9 Å². The molecule has 35 heavy (non-hydrogen) atoms. The number of benzene rings is 2. The molecule has 2 aromatic carbocycles. The molecule has 4 aromatic rings. The Labute approximate surface area is 199 Å². The number of Topliss-reactive ketones (excluding diaryl/α,β-unsaturated/α-hetero) is 1. The van der Waals surface area contributed by atoms with Gasteiger partial charge in [-0.1, -0.05) is 6.07 Å². The average molecular weight is 469 g/mol. The number of carbonyl (C=O) groups excluding carboxylic acids is 1. The molecule has 1 fully saturated rings. The fourth-order valence-electron chi connectivity index (χ4n) is 4.29. The summed E-state index contributed by atoms with van der Waals surface area (Å²) in [4.78, 5) is 35.1. The minimum Gasteiger partial charge on any atom is -0.494 e. The summed E-state index contributed by atoms with van der Waals surface area (Å²) in [6.45, 7) is 2.01. The minimum atomic E-state index is -0.643. The van der Waals surface area contributed by atoms with E-state index in [1.807, 2.05) is 19.1 Å². The molecule has 8 nitrogen and oxygen atoms in total. The predicted molar refractivity (Wildman–Crippen MR) is 127 cm³/mol. The summed E-state index contributed by atoms with van der Waals surface area (Å²) in [6, 6.07) is 12.5. The van der Waals surface area contributed by atoms with Crippen LogP contribution in [-0.4, -0.2) is 34.0 Å². The van der Waals surface area contributed by atoms with E-state index in [1.54, 1.807) is 18.3 Å². The van der Waals surface area contributed by atoms with Gasteiger partial charge < -0.3 is 10.1 Å². The fourth-order valence-corrected chi connectivity index (χ4v) is 4.29. The number of nitrogens with one attached hydrogen (secondary N) is 1. The second kappa shape index (κ2) is 8.74. The number of nitrogens with zero attached hydrogens (tertiary/aromatic N) is 4. The third-order valence-electron chi connectivity index (χ3n) is 6.03. The summed E-state index contributed by atoms with van der Waals surface area (Å²) < 4.78 is 20.9. The van der Waals surface area contributed by atoms with Gasteiger partial charge in [0.05, 0.1) is 47.9 Å². The lowest BCUT2D eigenvalue weighted by Crippen LogP contribution is -2.29. The quantitative estimate of drug-likeness (QED) is 0.488. The monoisotopic (exact) mass is 469 g/mol. The van der Waals surface area contributed by atoms with E-state index in [1.165, 1.54) is 29.9 Å². The van der Waals surface area contributed by atoms with Crippen LogP contribution in [0.4, 0.5) is 4.39 Å². The van der Waals surface area contributed by atoms with Crippen LogP contribution in [0.3, 0.4) is 0 Å². The van der Waals surface area contributed by atoms with E-state index in [2.05, 4.69) is 16.4 Å². The van der Waals surface area contributed by atoms with Gasteiger partial charge in [0.2, 0.25) is 0 Å². The molecule has 0 amide bonds. The summed E-state index contributed by atoms with van der Waals surface area (Å²) in [6.07, 6.45) is 1.81. The Hall–Kier alpha value is -4.42. The Balaban J connectivity index is 1.86. The second-order valence-corrected chi connectivity index (χ2v) is 8.33. The molecule has 0 saturated carbocycles. The van der Waals surface area contributed by atoms with E-state index in [9.17, 15) is 19.2 Å². The summed E-state index contributed by atoms with van der Waals surface area (Å²) in [5.41, 5.74) is 2.50. The van der Waals surface area contributed by atoms with Crippen molar-refractivity contribution in [2.45, 2.75) is 19.4 Å². The predicted octanol–water partition coefficient (Wildman–Crippen LogP) is 3.38. The van der Waals surface area contributed by atoms with Crippen molar-refractivity contribution in [3.05, 3.63) is 81.9 Å². The number of ether oxygens (including phenoxy) is 1. The largest absolute Gasteiger partial charge is 0.494 e. The van der Waals surface area contributed by atoms with Crippen molar-refractivity contribution in [3.63, 3.8) is 0 Å². The summed E-state index contributed by atoms with van der Waals surface area (Å²) in [5.74, 6) is -0.341. The molecule has 174 valence electrons. The molecular formula is C26H20FN5O3. The van der Waals surface area contributed by atoms with Gasteiger partial charge in [0.15, 0.2) is 11.6 Å². The first-order chi connectivity index (χ1) is 16.9. The number of hydrogen-bond donors (Lipinski definition) is 1. The van der Waals surface area contributed by atoms with E-state index in [4.69, 9.17) is 9.72 Å². The zero-order chi connectivity index (χ0) is 24.7. The van der Waals surface area contributed by atoms with Crippen LogP contribution in [0, 0.1) is 24.1 Å². The van der Waals surface area contributed by atoms with E-state index in [-0.39, 0.29) is 47.0 Å². The van der Waals surface area contributed by atoms with Gasteiger partial charge in [-0.25, -0.2) is 9.37 Å². The Morgan fingerprint density at radius 1 is 1.20 bits per heavy atom. The van der Waals surface area contributed by atoms with Gasteiger partial charge in [-0.05, 0) is 37.3 Å². The number of aryl methyl sites for hydroxylation is 1. The number of pyridine rings is 1. The molecule has 0 bridgehead atoms. The number of carbonyl (C=O) groups is 1. The Kier molecular flexibility index (Phi) is 5.59. The van der Waals surface area contributed by atoms with E-state index < -0.39 is 17.4 Å². The van der Waals surface area contributed by atoms with Crippen LogP contribution in [0.1, 0.15) is 29.5 Å². The summed E-state index contributed by atoms with van der Waals surface area (Å²) in [7, 11) is 1.35. The van der Waals surface area contributed by atoms with E-state index >= 15 is 0 Å². The number of rotatable bonds is 4. The van der Waals surface area contributed by atoms with Crippen LogP contribution < -0.4 is 15.6 Å². The van der Waals surface area contributed by atoms with Gasteiger partial charge in [-0.15, -0.1) is 0 Å². The van der Waals surface area contributed by atoms with E-state index in [0.717, 1.165) is 5.69 Å². The maximum absolute atomic E-state index is 14.6. The summed E-state index contributed by atoms with van der Waals surface area (Å²) >= 11 is 0. The van der Waals surface area contributed by atoms with Crippen LogP contribution in [0.25, 0.3) is 27.7 Å². The van der Waals surface area contributed by atoms with Crippen molar-refractivity contribution in [1.29, 1.82) is 5.26 Å². The smallest absolute Gasteiger partial charge is 0.266 e. The molecular weight excluding hydrogens is 449 g/mol. The minimum absolute atomic E-state index is 0.0143. The van der Waals surface area contributed by atoms with Crippen molar-refractivity contribution in [2.75, 3.05) is 13.7 Å². The highest BCUT2D eigenvalue weighted by Gasteiger charge is 2.29. The highest BCUT2D eigenvalue weighted by molar-refractivity contribution is 5.94. The lowest BCUT2D eigenvalue weighted by atomic mass is 10.00. The third kappa shape index (κ3) is 3.94. The van der Waals surface area contributed by atoms with Gasteiger partial charge in [0, 0.05) is 35.5 Å². The maximum Gasteiger partial charge on any atom is 0.266 e. The van der Waals surface area contributed by atoms with Gasteiger partial charge in [0.25, 0.3) is 5.56 Å². The summed E-state index contributed by atoms with van der Waals surface area (Å²) in [5, 5.41) is 12.9. The van der Waals surface area contributed by atoms with Crippen LogP contribution >= 0.6 is 0 Å². The molecule has 0 aliphatic carbocycles. The van der Waals surface area contributed by atoms with Crippen molar-refractivity contribution < 1.29 is 13.9 Å². The highest BCUT2D eigenvalue weighted by atomic mass is 19.1. The number of halogens is 1. The number of ketones is 1. The molecule has 1 atom stereocenters. The van der Waals surface area contributed by atoms with Gasteiger partial charge >= 0.3 is 0 Å². The van der Waals surface area contributed by atoms with Crippen LogP contribution in [-0.2, 0) is 4.79 Å². The molecule has 1 aliphatic heterocycles. The molecule has 1 saturated heterocycles. The first-order valence-electron chi connectivity index (χ1n) is 10.9. The van der Waals surface area contributed by atoms with Gasteiger partial charge in [-0.3, -0.25) is 19.1 Å². The average Bonchev–Trinajstić information content (AvgIpc) is 3.30. The topological polar surface area (TPSA) is 110 Å². The van der Waals surface area contributed by atoms with Crippen molar-refractivity contribution in [3.8, 4) is 28.6 Å².